The molecule has 0 amide bonds. The van der Waals surface area contributed by atoms with Gasteiger partial charge in [0, 0.05) is 35.1 Å². The topological polar surface area (TPSA) is 30.9 Å². The third-order valence-electron chi connectivity index (χ3n) is 4.42. The molecule has 2 aromatic rings. The predicted octanol–water partition coefficient (Wildman–Crippen LogP) is 3.61. The molecule has 2 heterocycles. The minimum atomic E-state index is 0.254. The van der Waals surface area contributed by atoms with Gasteiger partial charge in [0.2, 0.25) is 0 Å². The lowest BCUT2D eigenvalue weighted by molar-refractivity contribution is 0.623. The zero-order valence-electron chi connectivity index (χ0n) is 11.5. The monoisotopic (exact) mass is 284 g/mol. The minimum Gasteiger partial charge on any atom is -0.353 e. The van der Waals surface area contributed by atoms with E-state index in [2.05, 4.69) is 47.3 Å². The maximum atomic E-state index is 6.27. The van der Waals surface area contributed by atoms with Gasteiger partial charge in [-0.1, -0.05) is 18.2 Å². The Morgan fingerprint density at radius 1 is 1.25 bits per heavy atom. The summed E-state index contributed by atoms with van der Waals surface area (Å²) < 4.78 is 2.32. The molecular formula is C17H20N2S. The second kappa shape index (κ2) is 4.97. The molecule has 3 heteroatoms. The van der Waals surface area contributed by atoms with Crippen molar-refractivity contribution in [1.29, 1.82) is 0 Å². The molecule has 0 saturated heterocycles. The zero-order valence-corrected chi connectivity index (χ0v) is 12.4. The molecule has 0 bridgehead atoms. The van der Waals surface area contributed by atoms with Crippen molar-refractivity contribution < 1.29 is 0 Å². The van der Waals surface area contributed by atoms with Crippen molar-refractivity contribution in [2.45, 2.75) is 42.0 Å². The summed E-state index contributed by atoms with van der Waals surface area (Å²) >= 11 is 2.02. The average molecular weight is 284 g/mol. The molecule has 0 radical (unpaired) electrons. The molecule has 0 spiro atoms. The number of thioether (sulfide) groups is 1. The molecule has 1 aliphatic heterocycles. The summed E-state index contributed by atoms with van der Waals surface area (Å²) in [6.45, 7) is 1.08. The van der Waals surface area contributed by atoms with Crippen LogP contribution in [0.5, 0.6) is 0 Å². The van der Waals surface area contributed by atoms with E-state index in [0.29, 0.717) is 5.25 Å². The SMILES string of the molecule is NC(c1ccn(CC2Cc3ccccc3S2)c1)C1CC1. The van der Waals surface area contributed by atoms with Gasteiger partial charge < -0.3 is 10.3 Å². The van der Waals surface area contributed by atoms with Crippen LogP contribution in [0.2, 0.25) is 0 Å². The van der Waals surface area contributed by atoms with E-state index in [0.717, 1.165) is 12.5 Å². The molecule has 1 aromatic carbocycles. The van der Waals surface area contributed by atoms with Gasteiger partial charge in [0.15, 0.2) is 0 Å². The molecule has 2 atom stereocenters. The Balaban J connectivity index is 1.43. The molecule has 104 valence electrons. The highest BCUT2D eigenvalue weighted by atomic mass is 32.2. The number of rotatable bonds is 4. The van der Waals surface area contributed by atoms with Gasteiger partial charge >= 0.3 is 0 Å². The molecule has 2 nitrogen and oxygen atoms in total. The summed E-state index contributed by atoms with van der Waals surface area (Å²) in [7, 11) is 0. The first-order chi connectivity index (χ1) is 9.79. The van der Waals surface area contributed by atoms with Gasteiger partial charge in [-0.05, 0) is 48.4 Å². The Kier molecular flexibility index (Phi) is 3.12. The van der Waals surface area contributed by atoms with Crippen molar-refractivity contribution in [2.75, 3.05) is 0 Å². The molecule has 1 saturated carbocycles. The Hall–Kier alpha value is -1.19. The maximum absolute atomic E-state index is 6.27. The van der Waals surface area contributed by atoms with Crippen LogP contribution in [-0.4, -0.2) is 9.82 Å². The van der Waals surface area contributed by atoms with Gasteiger partial charge in [-0.3, -0.25) is 0 Å². The van der Waals surface area contributed by atoms with Crippen molar-refractivity contribution in [3.63, 3.8) is 0 Å². The fourth-order valence-corrected chi connectivity index (χ4v) is 4.42. The van der Waals surface area contributed by atoms with E-state index in [1.54, 1.807) is 0 Å². The standard InChI is InChI=1S/C17H20N2S/c18-17(12-5-6-12)14-7-8-19(10-14)11-15-9-13-3-1-2-4-16(13)20-15/h1-4,7-8,10,12,15,17H,5-6,9,11,18H2. The summed E-state index contributed by atoms with van der Waals surface area (Å²) in [6.07, 6.45) is 8.25. The fourth-order valence-electron chi connectivity index (χ4n) is 3.09. The molecule has 2 aliphatic rings. The average Bonchev–Trinajstić information content (AvgIpc) is 3.07. The Morgan fingerprint density at radius 3 is 2.90 bits per heavy atom. The van der Waals surface area contributed by atoms with Gasteiger partial charge in [-0.25, -0.2) is 0 Å². The maximum Gasteiger partial charge on any atom is 0.0345 e. The number of hydrogen-bond acceptors (Lipinski definition) is 2. The van der Waals surface area contributed by atoms with Crippen molar-refractivity contribution in [3.05, 3.63) is 53.9 Å². The number of nitrogens with zero attached hydrogens (tertiary/aromatic N) is 1. The van der Waals surface area contributed by atoms with E-state index in [9.17, 15) is 0 Å². The van der Waals surface area contributed by atoms with Crippen molar-refractivity contribution in [1.82, 2.24) is 4.57 Å². The van der Waals surface area contributed by atoms with Crippen LogP contribution in [0.3, 0.4) is 0 Å². The van der Waals surface area contributed by atoms with Crippen LogP contribution in [0, 0.1) is 5.92 Å². The van der Waals surface area contributed by atoms with Crippen LogP contribution in [0.4, 0.5) is 0 Å². The number of hydrogen-bond donors (Lipinski definition) is 1. The van der Waals surface area contributed by atoms with Gasteiger partial charge in [-0.15, -0.1) is 11.8 Å². The number of fused-ring (bicyclic) bond motifs is 1. The number of benzene rings is 1. The summed E-state index contributed by atoms with van der Waals surface area (Å²) in [5, 5.41) is 0.657. The third-order valence-corrected chi connectivity index (χ3v) is 5.72. The van der Waals surface area contributed by atoms with E-state index in [4.69, 9.17) is 5.73 Å². The smallest absolute Gasteiger partial charge is 0.0345 e. The summed E-state index contributed by atoms with van der Waals surface area (Å²) in [5.41, 5.74) is 9.09. The van der Waals surface area contributed by atoms with E-state index >= 15 is 0 Å². The van der Waals surface area contributed by atoms with Crippen LogP contribution in [-0.2, 0) is 13.0 Å². The minimum absolute atomic E-state index is 0.254. The van der Waals surface area contributed by atoms with Crippen molar-refractivity contribution in [2.24, 2.45) is 11.7 Å². The first-order valence-corrected chi connectivity index (χ1v) is 8.33. The van der Waals surface area contributed by atoms with E-state index in [1.807, 2.05) is 11.8 Å². The largest absolute Gasteiger partial charge is 0.353 e. The van der Waals surface area contributed by atoms with Gasteiger partial charge in [0.1, 0.15) is 0 Å². The second-order valence-electron chi connectivity index (χ2n) is 6.06. The molecule has 1 fully saturated rings. The van der Waals surface area contributed by atoms with Crippen LogP contribution in [0.25, 0.3) is 0 Å². The van der Waals surface area contributed by atoms with E-state index < -0.39 is 0 Å². The summed E-state index contributed by atoms with van der Waals surface area (Å²) in [5.74, 6) is 0.732. The first kappa shape index (κ1) is 12.5. The van der Waals surface area contributed by atoms with Gasteiger partial charge in [-0.2, -0.15) is 0 Å². The molecule has 1 aromatic heterocycles. The lowest BCUT2D eigenvalue weighted by Crippen LogP contribution is -2.13. The lowest BCUT2D eigenvalue weighted by Gasteiger charge is -2.10. The molecule has 4 rings (SSSR count). The van der Waals surface area contributed by atoms with Crippen molar-refractivity contribution >= 4 is 11.8 Å². The molecule has 20 heavy (non-hydrogen) atoms. The fraction of sp³-hybridized carbons (Fsp3) is 0.412. The van der Waals surface area contributed by atoms with Crippen LogP contribution >= 0.6 is 11.8 Å². The van der Waals surface area contributed by atoms with E-state index in [1.165, 1.54) is 35.3 Å². The summed E-state index contributed by atoms with van der Waals surface area (Å²) in [4.78, 5) is 1.46. The lowest BCUT2D eigenvalue weighted by atomic mass is 10.1. The molecule has 2 unspecified atom stereocenters. The number of aromatic nitrogens is 1. The van der Waals surface area contributed by atoms with Crippen LogP contribution < -0.4 is 5.73 Å². The highest BCUT2D eigenvalue weighted by molar-refractivity contribution is 8.00. The summed E-state index contributed by atoms with van der Waals surface area (Å²) in [6, 6.07) is 11.2. The Morgan fingerprint density at radius 2 is 2.10 bits per heavy atom. The number of nitrogens with two attached hydrogens (primary N) is 1. The Bertz CT molecular complexity index is 590. The zero-order chi connectivity index (χ0) is 13.5. The molecular weight excluding hydrogens is 264 g/mol. The van der Waals surface area contributed by atoms with E-state index in [-0.39, 0.29) is 6.04 Å². The molecule has 2 N–H and O–H groups in total. The molecule has 1 aliphatic carbocycles. The highest BCUT2D eigenvalue weighted by Crippen LogP contribution is 2.40. The third kappa shape index (κ3) is 2.40. The quantitative estimate of drug-likeness (QED) is 0.929. The van der Waals surface area contributed by atoms with Crippen LogP contribution in [0.1, 0.15) is 30.0 Å². The second-order valence-corrected chi connectivity index (χ2v) is 7.40. The first-order valence-electron chi connectivity index (χ1n) is 7.45. The van der Waals surface area contributed by atoms with Gasteiger partial charge in [0.05, 0.1) is 0 Å². The Labute approximate surface area is 124 Å². The van der Waals surface area contributed by atoms with Crippen LogP contribution in [0.15, 0.2) is 47.6 Å². The normalized spacial score (nSPS) is 22.8. The van der Waals surface area contributed by atoms with Crippen molar-refractivity contribution in [3.8, 4) is 0 Å². The predicted molar refractivity (Wildman–Crippen MR) is 83.9 cm³/mol. The van der Waals surface area contributed by atoms with Gasteiger partial charge in [0.25, 0.3) is 0 Å². The highest BCUT2D eigenvalue weighted by Gasteiger charge is 2.30.